The van der Waals surface area contributed by atoms with Crippen LogP contribution in [-0.2, 0) is 6.61 Å². The van der Waals surface area contributed by atoms with Crippen molar-refractivity contribution in [3.63, 3.8) is 0 Å². The lowest BCUT2D eigenvalue weighted by Crippen LogP contribution is -2.07. The van der Waals surface area contributed by atoms with Crippen LogP contribution in [0.15, 0.2) is 36.4 Å². The highest BCUT2D eigenvalue weighted by Gasteiger charge is 2.08. The minimum Gasteiger partial charge on any atom is -0.487 e. The van der Waals surface area contributed by atoms with E-state index >= 15 is 0 Å². The van der Waals surface area contributed by atoms with Gasteiger partial charge in [-0.25, -0.2) is 4.39 Å². The molecule has 0 radical (unpaired) electrons. The molecule has 0 aliphatic heterocycles. The Morgan fingerprint density at radius 3 is 2.74 bits per heavy atom. The fourth-order valence-electron chi connectivity index (χ4n) is 1.80. The van der Waals surface area contributed by atoms with Crippen molar-refractivity contribution in [3.05, 3.63) is 59.2 Å². The van der Waals surface area contributed by atoms with Gasteiger partial charge in [-0.1, -0.05) is 12.1 Å². The van der Waals surface area contributed by atoms with Crippen molar-refractivity contribution in [3.8, 4) is 5.75 Å². The molecule has 19 heavy (non-hydrogen) atoms. The maximum absolute atomic E-state index is 13.7. The fourth-order valence-corrected chi connectivity index (χ4v) is 1.80. The minimum absolute atomic E-state index is 0.318. The number of benzene rings is 1. The maximum Gasteiger partial charge on any atom is 0.131 e. The molecule has 0 aliphatic rings. The quantitative estimate of drug-likeness (QED) is 0.918. The van der Waals surface area contributed by atoms with Gasteiger partial charge >= 0.3 is 0 Å². The van der Waals surface area contributed by atoms with Crippen LogP contribution in [0, 0.1) is 12.7 Å². The molecule has 2 N–H and O–H groups in total. The second kappa shape index (κ2) is 5.80. The Labute approximate surface area is 112 Å². The molecule has 4 heteroatoms. The average Bonchev–Trinajstić information content (AvgIpc) is 2.36. The molecule has 1 aromatic carbocycles. The van der Waals surface area contributed by atoms with Gasteiger partial charge in [-0.2, -0.15) is 0 Å². The molecule has 0 aliphatic carbocycles. The third kappa shape index (κ3) is 3.51. The van der Waals surface area contributed by atoms with Gasteiger partial charge < -0.3 is 10.5 Å². The number of hydrogen-bond donors (Lipinski definition) is 1. The molecular weight excluding hydrogens is 243 g/mol. The van der Waals surface area contributed by atoms with Gasteiger partial charge in [0.15, 0.2) is 0 Å². The van der Waals surface area contributed by atoms with E-state index in [2.05, 4.69) is 4.98 Å². The molecule has 3 nitrogen and oxygen atoms in total. The van der Waals surface area contributed by atoms with Crippen molar-refractivity contribution in [2.75, 3.05) is 0 Å². The molecule has 0 spiro atoms. The lowest BCUT2D eigenvalue weighted by Gasteiger charge is -2.10. The van der Waals surface area contributed by atoms with E-state index in [4.69, 9.17) is 10.5 Å². The fraction of sp³-hybridized carbons (Fsp3) is 0.267. The topological polar surface area (TPSA) is 48.1 Å². The van der Waals surface area contributed by atoms with Gasteiger partial charge in [-0.05, 0) is 32.0 Å². The van der Waals surface area contributed by atoms with E-state index in [9.17, 15) is 4.39 Å². The monoisotopic (exact) mass is 260 g/mol. The van der Waals surface area contributed by atoms with E-state index in [1.54, 1.807) is 19.1 Å². The number of pyridine rings is 1. The van der Waals surface area contributed by atoms with Crippen LogP contribution < -0.4 is 10.5 Å². The summed E-state index contributed by atoms with van der Waals surface area (Å²) in [6.07, 6.45) is 0. The minimum atomic E-state index is -0.343. The van der Waals surface area contributed by atoms with E-state index < -0.39 is 0 Å². The van der Waals surface area contributed by atoms with Gasteiger partial charge in [-0.3, -0.25) is 4.98 Å². The zero-order chi connectivity index (χ0) is 13.8. The van der Waals surface area contributed by atoms with Crippen molar-refractivity contribution in [2.45, 2.75) is 26.5 Å². The van der Waals surface area contributed by atoms with Gasteiger partial charge in [0.2, 0.25) is 0 Å². The summed E-state index contributed by atoms with van der Waals surface area (Å²) in [6.45, 7) is 3.98. The summed E-state index contributed by atoms with van der Waals surface area (Å²) >= 11 is 0. The highest BCUT2D eigenvalue weighted by molar-refractivity contribution is 5.30. The van der Waals surface area contributed by atoms with Crippen molar-refractivity contribution < 1.29 is 9.13 Å². The Morgan fingerprint density at radius 2 is 2.11 bits per heavy atom. The largest absolute Gasteiger partial charge is 0.487 e. The zero-order valence-corrected chi connectivity index (χ0v) is 11.1. The second-order valence-corrected chi connectivity index (χ2v) is 4.53. The summed E-state index contributed by atoms with van der Waals surface area (Å²) < 4.78 is 19.2. The maximum atomic E-state index is 13.7. The van der Waals surface area contributed by atoms with E-state index in [1.165, 1.54) is 6.07 Å². The van der Waals surface area contributed by atoms with Crippen molar-refractivity contribution in [1.82, 2.24) is 4.98 Å². The molecule has 2 aromatic rings. The number of halogens is 1. The molecule has 0 amide bonds. The highest BCUT2D eigenvalue weighted by Crippen LogP contribution is 2.21. The van der Waals surface area contributed by atoms with E-state index in [0.29, 0.717) is 17.9 Å². The van der Waals surface area contributed by atoms with Gasteiger partial charge in [-0.15, -0.1) is 0 Å². The number of hydrogen-bond acceptors (Lipinski definition) is 3. The van der Waals surface area contributed by atoms with E-state index in [-0.39, 0.29) is 11.9 Å². The molecule has 1 aromatic heterocycles. The van der Waals surface area contributed by atoms with Crippen LogP contribution in [0.1, 0.15) is 29.9 Å². The predicted molar refractivity (Wildman–Crippen MR) is 72.3 cm³/mol. The normalized spacial score (nSPS) is 12.2. The number of ether oxygens (including phenoxy) is 1. The summed E-state index contributed by atoms with van der Waals surface area (Å²) in [4.78, 5) is 4.32. The molecule has 0 bridgehead atoms. The van der Waals surface area contributed by atoms with E-state index in [1.807, 2.05) is 25.1 Å². The average molecular weight is 260 g/mol. The van der Waals surface area contributed by atoms with Crippen molar-refractivity contribution in [1.29, 1.82) is 0 Å². The Hall–Kier alpha value is -1.94. The third-order valence-electron chi connectivity index (χ3n) is 2.80. The van der Waals surface area contributed by atoms with Gasteiger partial charge in [0.05, 0.1) is 5.69 Å². The second-order valence-electron chi connectivity index (χ2n) is 4.53. The molecule has 2 rings (SSSR count). The summed E-state index contributed by atoms with van der Waals surface area (Å²) in [6, 6.07) is 10.1. The van der Waals surface area contributed by atoms with Crippen LogP contribution in [0.2, 0.25) is 0 Å². The summed E-state index contributed by atoms with van der Waals surface area (Å²) in [5.74, 6) is 0.134. The van der Waals surface area contributed by atoms with Crippen LogP contribution in [0.25, 0.3) is 0 Å². The summed E-state index contributed by atoms with van der Waals surface area (Å²) in [5.41, 5.74) is 7.89. The Kier molecular flexibility index (Phi) is 4.12. The molecule has 0 saturated heterocycles. The Balaban J connectivity index is 2.06. The lowest BCUT2D eigenvalue weighted by atomic mass is 10.1. The lowest BCUT2D eigenvalue weighted by molar-refractivity contribution is 0.299. The first-order valence-corrected chi connectivity index (χ1v) is 6.16. The number of nitrogens with two attached hydrogens (primary N) is 1. The van der Waals surface area contributed by atoms with Gasteiger partial charge in [0, 0.05) is 23.4 Å². The predicted octanol–water partition coefficient (Wildman–Crippen LogP) is 3.13. The third-order valence-corrected chi connectivity index (χ3v) is 2.80. The van der Waals surface area contributed by atoms with Gasteiger partial charge in [0.1, 0.15) is 18.2 Å². The first-order chi connectivity index (χ1) is 9.06. The molecule has 0 unspecified atom stereocenters. The van der Waals surface area contributed by atoms with Crippen molar-refractivity contribution >= 4 is 0 Å². The standard InChI is InChI=1S/C15H17FN2O/c1-10-4-3-5-12(18-10)9-19-13-6-7-14(11(2)17)15(16)8-13/h3-8,11H,9,17H2,1-2H3/t11-/m1/s1. The van der Waals surface area contributed by atoms with Crippen molar-refractivity contribution in [2.24, 2.45) is 5.73 Å². The number of aryl methyl sites for hydroxylation is 1. The van der Waals surface area contributed by atoms with E-state index in [0.717, 1.165) is 11.4 Å². The molecular formula is C15H17FN2O. The van der Waals surface area contributed by atoms with Crippen LogP contribution in [-0.4, -0.2) is 4.98 Å². The molecule has 1 heterocycles. The number of nitrogens with zero attached hydrogens (tertiary/aromatic N) is 1. The zero-order valence-electron chi connectivity index (χ0n) is 11.1. The molecule has 1 atom stereocenters. The number of rotatable bonds is 4. The summed E-state index contributed by atoms with van der Waals surface area (Å²) in [5, 5.41) is 0. The Morgan fingerprint density at radius 1 is 1.32 bits per heavy atom. The molecule has 0 fully saturated rings. The molecule has 100 valence electrons. The smallest absolute Gasteiger partial charge is 0.131 e. The van der Waals surface area contributed by atoms with Crippen LogP contribution in [0.5, 0.6) is 5.75 Å². The first-order valence-electron chi connectivity index (χ1n) is 6.16. The summed E-state index contributed by atoms with van der Waals surface area (Å²) in [7, 11) is 0. The SMILES string of the molecule is Cc1cccc(COc2ccc([C@@H](C)N)c(F)c2)n1. The van der Waals surface area contributed by atoms with Gasteiger partial charge in [0.25, 0.3) is 0 Å². The molecule has 0 saturated carbocycles. The first kappa shape index (κ1) is 13.5. The van der Waals surface area contributed by atoms with Crippen LogP contribution >= 0.6 is 0 Å². The number of aromatic nitrogens is 1. The van der Waals surface area contributed by atoms with Crippen LogP contribution in [0.4, 0.5) is 4.39 Å². The highest BCUT2D eigenvalue weighted by atomic mass is 19.1. The Bertz CT molecular complexity index is 570. The van der Waals surface area contributed by atoms with Crippen LogP contribution in [0.3, 0.4) is 0 Å².